The molecule has 0 aliphatic heterocycles. The van der Waals surface area contributed by atoms with Crippen molar-refractivity contribution in [3.63, 3.8) is 0 Å². The summed E-state index contributed by atoms with van der Waals surface area (Å²) in [4.78, 5) is 2.21. The molecule has 0 saturated heterocycles. The van der Waals surface area contributed by atoms with Gasteiger partial charge in [-0.05, 0) is 33.8 Å². The van der Waals surface area contributed by atoms with E-state index in [4.69, 9.17) is 5.73 Å². The summed E-state index contributed by atoms with van der Waals surface area (Å²) in [6.07, 6.45) is 0. The molecular formula is C11H15NS. The molecule has 1 aromatic rings. The zero-order valence-electron chi connectivity index (χ0n) is 8.56. The van der Waals surface area contributed by atoms with E-state index in [-0.39, 0.29) is 5.41 Å². The van der Waals surface area contributed by atoms with Crippen molar-refractivity contribution in [3.05, 3.63) is 15.8 Å². The van der Waals surface area contributed by atoms with Gasteiger partial charge in [0, 0.05) is 16.0 Å². The second-order valence-electron chi connectivity index (χ2n) is 4.12. The Bertz CT molecular complexity index is 338. The number of nitrogen functional groups attached to an aromatic ring is 1. The molecule has 0 saturated carbocycles. The summed E-state index contributed by atoms with van der Waals surface area (Å²) in [5.74, 6) is 6.32. The van der Waals surface area contributed by atoms with Crippen LogP contribution in [0.25, 0.3) is 0 Å². The van der Waals surface area contributed by atoms with Gasteiger partial charge in [0.1, 0.15) is 0 Å². The molecule has 70 valence electrons. The first kappa shape index (κ1) is 10.1. The molecule has 1 aromatic heterocycles. The Hall–Kier alpha value is -0.940. The fraction of sp³-hybridized carbons (Fsp3) is 0.455. The molecule has 2 heteroatoms. The zero-order chi connectivity index (χ0) is 10.1. The lowest BCUT2D eigenvalue weighted by Crippen LogP contribution is -1.98. The van der Waals surface area contributed by atoms with Crippen LogP contribution in [0.2, 0.25) is 0 Å². The highest BCUT2D eigenvalue weighted by Gasteiger charge is 2.04. The van der Waals surface area contributed by atoms with Crippen LogP contribution in [-0.2, 0) is 0 Å². The summed E-state index contributed by atoms with van der Waals surface area (Å²) in [7, 11) is 0. The molecule has 0 unspecified atom stereocenters. The van der Waals surface area contributed by atoms with E-state index in [2.05, 4.69) is 32.6 Å². The maximum atomic E-state index is 5.72. The molecule has 1 heterocycles. The van der Waals surface area contributed by atoms with Gasteiger partial charge < -0.3 is 5.73 Å². The normalized spacial score (nSPS) is 10.8. The van der Waals surface area contributed by atoms with Crippen LogP contribution in [0.1, 0.15) is 30.5 Å². The first-order chi connectivity index (χ1) is 5.88. The van der Waals surface area contributed by atoms with Crippen molar-refractivity contribution in [2.75, 3.05) is 5.73 Å². The van der Waals surface area contributed by atoms with Crippen LogP contribution in [0.4, 0.5) is 5.69 Å². The zero-order valence-corrected chi connectivity index (χ0v) is 9.38. The van der Waals surface area contributed by atoms with Crippen LogP contribution in [0.5, 0.6) is 0 Å². The minimum Gasteiger partial charge on any atom is -0.398 e. The molecule has 0 radical (unpaired) electrons. The van der Waals surface area contributed by atoms with Crippen molar-refractivity contribution in [3.8, 4) is 11.8 Å². The fourth-order valence-corrected chi connectivity index (χ4v) is 1.60. The topological polar surface area (TPSA) is 26.0 Å². The third-order valence-corrected chi connectivity index (χ3v) is 2.50. The largest absolute Gasteiger partial charge is 0.398 e. The molecule has 0 fully saturated rings. The van der Waals surface area contributed by atoms with Gasteiger partial charge in [0.25, 0.3) is 0 Å². The molecule has 1 nitrogen and oxygen atoms in total. The molecule has 13 heavy (non-hydrogen) atoms. The molecule has 0 bridgehead atoms. The number of anilines is 1. The summed E-state index contributed by atoms with van der Waals surface area (Å²) in [5.41, 5.74) is 6.63. The Balaban J connectivity index is 2.91. The summed E-state index contributed by atoms with van der Waals surface area (Å²) in [5, 5.41) is 0. The number of hydrogen-bond acceptors (Lipinski definition) is 2. The highest BCUT2D eigenvalue weighted by atomic mass is 32.1. The molecule has 1 rings (SSSR count). The fourth-order valence-electron chi connectivity index (χ4n) is 0.807. The highest BCUT2D eigenvalue weighted by molar-refractivity contribution is 7.13. The minimum atomic E-state index is 0.0622. The van der Waals surface area contributed by atoms with Crippen LogP contribution < -0.4 is 5.73 Å². The van der Waals surface area contributed by atoms with E-state index in [0.717, 1.165) is 15.4 Å². The second kappa shape index (κ2) is 3.43. The summed E-state index contributed by atoms with van der Waals surface area (Å²) < 4.78 is 0. The van der Waals surface area contributed by atoms with Crippen LogP contribution in [0, 0.1) is 24.2 Å². The van der Waals surface area contributed by atoms with Gasteiger partial charge in [0.05, 0.1) is 4.88 Å². The van der Waals surface area contributed by atoms with Gasteiger partial charge in [-0.1, -0.05) is 11.8 Å². The third kappa shape index (κ3) is 3.12. The van der Waals surface area contributed by atoms with Gasteiger partial charge in [0.15, 0.2) is 0 Å². The van der Waals surface area contributed by atoms with E-state index < -0.39 is 0 Å². The SMILES string of the molecule is Cc1sc(C#CC(C)(C)C)cc1N. The van der Waals surface area contributed by atoms with Crippen LogP contribution >= 0.6 is 11.3 Å². The van der Waals surface area contributed by atoms with Crippen molar-refractivity contribution in [2.24, 2.45) is 5.41 Å². The second-order valence-corrected chi connectivity index (χ2v) is 5.38. The maximum Gasteiger partial charge on any atom is 0.0792 e. The van der Waals surface area contributed by atoms with E-state index >= 15 is 0 Å². The van der Waals surface area contributed by atoms with Crippen LogP contribution in [0.15, 0.2) is 6.07 Å². The summed E-state index contributed by atoms with van der Waals surface area (Å²) >= 11 is 1.66. The van der Waals surface area contributed by atoms with Crippen molar-refractivity contribution in [1.82, 2.24) is 0 Å². The lowest BCUT2D eigenvalue weighted by atomic mass is 9.98. The lowest BCUT2D eigenvalue weighted by molar-refractivity contribution is 0.571. The van der Waals surface area contributed by atoms with Gasteiger partial charge in [-0.2, -0.15) is 0 Å². The van der Waals surface area contributed by atoms with Crippen molar-refractivity contribution < 1.29 is 0 Å². The Morgan fingerprint density at radius 1 is 1.38 bits per heavy atom. The summed E-state index contributed by atoms with van der Waals surface area (Å²) in [6.45, 7) is 8.32. The predicted molar refractivity (Wildman–Crippen MR) is 59.8 cm³/mol. The van der Waals surface area contributed by atoms with Crippen molar-refractivity contribution in [1.29, 1.82) is 0 Å². The van der Waals surface area contributed by atoms with E-state index in [0.29, 0.717) is 0 Å². The van der Waals surface area contributed by atoms with E-state index in [1.807, 2.05) is 13.0 Å². The molecule has 0 spiro atoms. The third-order valence-electron chi connectivity index (χ3n) is 1.52. The minimum absolute atomic E-state index is 0.0622. The van der Waals surface area contributed by atoms with Gasteiger partial charge in [0.2, 0.25) is 0 Å². The Morgan fingerprint density at radius 2 is 2.00 bits per heavy atom. The smallest absolute Gasteiger partial charge is 0.0792 e. The van der Waals surface area contributed by atoms with Gasteiger partial charge >= 0.3 is 0 Å². The van der Waals surface area contributed by atoms with E-state index in [1.165, 1.54) is 0 Å². The standard InChI is InChI=1S/C11H15NS/c1-8-10(12)7-9(13-8)5-6-11(2,3)4/h7H,12H2,1-4H3. The molecule has 0 aromatic carbocycles. The van der Waals surface area contributed by atoms with Gasteiger partial charge in [-0.15, -0.1) is 11.3 Å². The highest BCUT2D eigenvalue weighted by Crippen LogP contribution is 2.22. The maximum absolute atomic E-state index is 5.72. The number of hydrogen-bond donors (Lipinski definition) is 1. The number of rotatable bonds is 0. The summed E-state index contributed by atoms with van der Waals surface area (Å²) in [6, 6.07) is 1.94. The Morgan fingerprint density at radius 3 is 2.38 bits per heavy atom. The molecular weight excluding hydrogens is 178 g/mol. The quantitative estimate of drug-likeness (QED) is 0.630. The van der Waals surface area contributed by atoms with Crippen LogP contribution in [0.3, 0.4) is 0 Å². The number of aryl methyl sites for hydroxylation is 1. The van der Waals surface area contributed by atoms with Gasteiger partial charge in [-0.3, -0.25) is 0 Å². The van der Waals surface area contributed by atoms with Gasteiger partial charge in [-0.25, -0.2) is 0 Å². The molecule has 0 aliphatic carbocycles. The lowest BCUT2D eigenvalue weighted by Gasteiger charge is -2.06. The number of nitrogens with two attached hydrogens (primary N) is 1. The average molecular weight is 193 g/mol. The predicted octanol–water partition coefficient (Wildman–Crippen LogP) is 3.04. The van der Waals surface area contributed by atoms with E-state index in [1.54, 1.807) is 11.3 Å². The molecule has 2 N–H and O–H groups in total. The molecule has 0 aliphatic rings. The molecule has 0 atom stereocenters. The first-order valence-electron chi connectivity index (χ1n) is 4.27. The Kier molecular flexibility index (Phi) is 2.68. The van der Waals surface area contributed by atoms with Crippen molar-refractivity contribution in [2.45, 2.75) is 27.7 Å². The van der Waals surface area contributed by atoms with Crippen LogP contribution in [-0.4, -0.2) is 0 Å². The average Bonchev–Trinajstić information content (AvgIpc) is 2.27. The monoisotopic (exact) mass is 193 g/mol. The van der Waals surface area contributed by atoms with E-state index in [9.17, 15) is 0 Å². The first-order valence-corrected chi connectivity index (χ1v) is 5.09. The Labute approximate surface area is 84.0 Å². The molecule has 0 amide bonds. The van der Waals surface area contributed by atoms with Crippen molar-refractivity contribution >= 4 is 17.0 Å². The number of thiophene rings is 1.